The summed E-state index contributed by atoms with van der Waals surface area (Å²) in [6.45, 7) is 0. The fraction of sp³-hybridized carbons (Fsp3) is 0. The zero-order valence-electron chi connectivity index (χ0n) is 14.6. The minimum absolute atomic E-state index is 0.00813. The Hall–Kier alpha value is -3.99. The Morgan fingerprint density at radius 1 is 0.966 bits per heavy atom. The molecule has 11 heteroatoms. The molecule has 1 aromatic heterocycles. The zero-order valence-corrected chi connectivity index (χ0v) is 15.4. The van der Waals surface area contributed by atoms with Crippen molar-refractivity contribution in [1.29, 1.82) is 0 Å². The summed E-state index contributed by atoms with van der Waals surface area (Å²) in [6.07, 6.45) is 1.46. The van der Waals surface area contributed by atoms with Crippen molar-refractivity contribution in [1.82, 2.24) is 4.98 Å². The number of aromatic carboxylic acids is 1. The van der Waals surface area contributed by atoms with Gasteiger partial charge in [0, 0.05) is 12.3 Å². The average Bonchev–Trinajstić information content (AvgIpc) is 2.69. The first-order valence-corrected chi connectivity index (χ1v) is 9.49. The molecule has 148 valence electrons. The van der Waals surface area contributed by atoms with Gasteiger partial charge < -0.3 is 15.3 Å². The molecule has 3 aromatic rings. The predicted octanol–water partition coefficient (Wildman–Crippen LogP) is 3.41. The fourth-order valence-electron chi connectivity index (χ4n) is 2.25. The van der Waals surface area contributed by atoms with Crippen molar-refractivity contribution in [3.63, 3.8) is 0 Å². The van der Waals surface area contributed by atoms with E-state index in [-0.39, 0.29) is 22.1 Å². The van der Waals surface area contributed by atoms with Crippen molar-refractivity contribution < 1.29 is 28.5 Å². The molecule has 29 heavy (non-hydrogen) atoms. The summed E-state index contributed by atoms with van der Waals surface area (Å²) >= 11 is 0. The Bertz CT molecular complexity index is 1180. The highest BCUT2D eigenvalue weighted by atomic mass is 32.2. The summed E-state index contributed by atoms with van der Waals surface area (Å²) < 4.78 is 27.0. The van der Waals surface area contributed by atoms with E-state index < -0.39 is 33.1 Å². The van der Waals surface area contributed by atoms with Crippen LogP contribution in [-0.2, 0) is 10.0 Å². The number of carboxylic acid groups (broad SMARTS) is 1. The fourth-order valence-corrected chi connectivity index (χ4v) is 3.26. The number of aromatic hydroxyl groups is 2. The van der Waals surface area contributed by atoms with E-state index >= 15 is 0 Å². The van der Waals surface area contributed by atoms with Crippen LogP contribution in [0.1, 0.15) is 10.4 Å². The van der Waals surface area contributed by atoms with Crippen molar-refractivity contribution in [2.75, 3.05) is 4.72 Å². The molecule has 0 saturated carbocycles. The van der Waals surface area contributed by atoms with Crippen molar-refractivity contribution in [3.05, 3.63) is 66.4 Å². The standard InChI is InChI=1S/C18H14N4O6S/c23-15-10-12(9-14(17(15)24)18(25)26)21-20-11-4-6-13(7-5-11)29(27,28)22-16-3-1-2-8-19-16/h1-10,23-24H,(H,19,22)(H,25,26). The number of aromatic nitrogens is 1. The third-order valence-electron chi connectivity index (χ3n) is 3.64. The number of nitrogens with one attached hydrogen (secondary N) is 1. The van der Waals surface area contributed by atoms with E-state index in [0.29, 0.717) is 0 Å². The monoisotopic (exact) mass is 414 g/mol. The number of carboxylic acids is 1. The second-order valence-electron chi connectivity index (χ2n) is 5.68. The summed E-state index contributed by atoms with van der Waals surface area (Å²) in [5.74, 6) is -2.69. The molecule has 2 aromatic carbocycles. The Balaban J connectivity index is 1.80. The van der Waals surface area contributed by atoms with Gasteiger partial charge >= 0.3 is 5.97 Å². The van der Waals surface area contributed by atoms with Crippen LogP contribution in [0.25, 0.3) is 0 Å². The van der Waals surface area contributed by atoms with Crippen LogP contribution in [0.4, 0.5) is 17.2 Å². The lowest BCUT2D eigenvalue weighted by Crippen LogP contribution is -2.13. The first kappa shape index (κ1) is 19.8. The maximum absolute atomic E-state index is 12.4. The van der Waals surface area contributed by atoms with Crippen LogP contribution < -0.4 is 4.72 Å². The van der Waals surface area contributed by atoms with Gasteiger partial charge in [0.1, 0.15) is 11.4 Å². The van der Waals surface area contributed by atoms with Crippen LogP contribution in [0.2, 0.25) is 0 Å². The van der Waals surface area contributed by atoms with E-state index in [2.05, 4.69) is 19.9 Å². The van der Waals surface area contributed by atoms with Crippen LogP contribution in [0.15, 0.2) is 75.9 Å². The molecule has 0 aliphatic heterocycles. The molecule has 0 atom stereocenters. The summed E-state index contributed by atoms with van der Waals surface area (Å²) in [7, 11) is -3.83. The maximum Gasteiger partial charge on any atom is 0.339 e. The summed E-state index contributed by atoms with van der Waals surface area (Å²) in [4.78, 5) is 14.9. The second-order valence-corrected chi connectivity index (χ2v) is 7.36. The van der Waals surface area contributed by atoms with Crippen LogP contribution in [0.3, 0.4) is 0 Å². The summed E-state index contributed by atoms with van der Waals surface area (Å²) in [5, 5.41) is 35.8. The van der Waals surface area contributed by atoms with Gasteiger partial charge in [0.15, 0.2) is 11.5 Å². The topological polar surface area (TPSA) is 162 Å². The van der Waals surface area contributed by atoms with Gasteiger partial charge in [-0.1, -0.05) is 6.07 Å². The van der Waals surface area contributed by atoms with Crippen molar-refractivity contribution in [2.45, 2.75) is 4.90 Å². The summed E-state index contributed by atoms with van der Waals surface area (Å²) in [6, 6.07) is 12.3. The molecule has 0 aliphatic rings. The van der Waals surface area contributed by atoms with Gasteiger partial charge in [0.05, 0.1) is 16.3 Å². The summed E-state index contributed by atoms with van der Waals surface area (Å²) in [5.41, 5.74) is -0.251. The van der Waals surface area contributed by atoms with Crippen LogP contribution in [0.5, 0.6) is 11.5 Å². The van der Waals surface area contributed by atoms with Gasteiger partial charge in [-0.05, 0) is 42.5 Å². The third-order valence-corrected chi connectivity index (χ3v) is 5.01. The largest absolute Gasteiger partial charge is 0.504 e. The second kappa shape index (κ2) is 7.94. The molecule has 0 saturated heterocycles. The molecular formula is C18H14N4O6S. The van der Waals surface area contributed by atoms with E-state index in [1.807, 2.05) is 0 Å². The van der Waals surface area contributed by atoms with Gasteiger partial charge in [-0.15, -0.1) is 0 Å². The van der Waals surface area contributed by atoms with E-state index in [1.54, 1.807) is 12.1 Å². The number of pyridine rings is 1. The zero-order chi connectivity index (χ0) is 21.0. The molecule has 4 N–H and O–H groups in total. The number of hydrogen-bond acceptors (Lipinski definition) is 8. The first-order chi connectivity index (χ1) is 13.8. The molecule has 1 heterocycles. The molecule has 0 spiro atoms. The molecule has 0 amide bonds. The van der Waals surface area contributed by atoms with Gasteiger partial charge in [0.2, 0.25) is 0 Å². The van der Waals surface area contributed by atoms with Gasteiger partial charge in [-0.2, -0.15) is 10.2 Å². The highest BCUT2D eigenvalue weighted by molar-refractivity contribution is 7.92. The number of sulfonamides is 1. The number of carbonyl (C=O) groups is 1. The molecule has 0 bridgehead atoms. The SMILES string of the molecule is O=C(O)c1cc(N=Nc2ccc(S(=O)(=O)Nc3ccccn3)cc2)cc(O)c1O. The molecule has 0 fully saturated rings. The van der Waals surface area contributed by atoms with Gasteiger partial charge in [0.25, 0.3) is 10.0 Å². The van der Waals surface area contributed by atoms with E-state index in [0.717, 1.165) is 12.1 Å². The molecule has 0 aliphatic carbocycles. The van der Waals surface area contributed by atoms with E-state index in [9.17, 15) is 23.4 Å². The van der Waals surface area contributed by atoms with Gasteiger partial charge in [-0.3, -0.25) is 4.72 Å². The Kier molecular flexibility index (Phi) is 5.41. The van der Waals surface area contributed by atoms with Crippen molar-refractivity contribution in [3.8, 4) is 11.5 Å². The number of benzene rings is 2. The molecule has 10 nitrogen and oxygen atoms in total. The maximum atomic E-state index is 12.4. The Morgan fingerprint density at radius 2 is 1.66 bits per heavy atom. The lowest BCUT2D eigenvalue weighted by atomic mass is 10.1. The number of rotatable bonds is 6. The lowest BCUT2D eigenvalue weighted by molar-refractivity contribution is 0.0693. The number of hydrogen-bond donors (Lipinski definition) is 4. The number of anilines is 1. The number of phenols is 2. The van der Waals surface area contributed by atoms with Gasteiger partial charge in [-0.25, -0.2) is 18.2 Å². The molecule has 3 rings (SSSR count). The smallest absolute Gasteiger partial charge is 0.339 e. The third kappa shape index (κ3) is 4.65. The normalized spacial score (nSPS) is 11.4. The number of nitrogens with zero attached hydrogens (tertiary/aromatic N) is 3. The number of azo groups is 1. The highest BCUT2D eigenvalue weighted by Crippen LogP contribution is 2.34. The molecule has 0 radical (unpaired) electrons. The predicted molar refractivity (Wildman–Crippen MR) is 102 cm³/mol. The minimum atomic E-state index is -3.83. The highest BCUT2D eigenvalue weighted by Gasteiger charge is 2.16. The van der Waals surface area contributed by atoms with Crippen LogP contribution in [-0.4, -0.2) is 34.7 Å². The quantitative estimate of drug-likeness (QED) is 0.355. The van der Waals surface area contributed by atoms with Crippen molar-refractivity contribution >= 4 is 33.2 Å². The van der Waals surface area contributed by atoms with Crippen LogP contribution >= 0.6 is 0 Å². The first-order valence-electron chi connectivity index (χ1n) is 8.01. The Labute approximate surface area is 164 Å². The minimum Gasteiger partial charge on any atom is -0.504 e. The average molecular weight is 414 g/mol. The van der Waals surface area contributed by atoms with Crippen molar-refractivity contribution in [2.24, 2.45) is 10.2 Å². The van der Waals surface area contributed by atoms with E-state index in [1.165, 1.54) is 36.5 Å². The van der Waals surface area contributed by atoms with Crippen LogP contribution in [0, 0.1) is 0 Å². The molecule has 0 unspecified atom stereocenters. The number of phenolic OH excluding ortho intramolecular Hbond substituents is 1. The van der Waals surface area contributed by atoms with E-state index in [4.69, 9.17) is 5.11 Å². The lowest BCUT2D eigenvalue weighted by Gasteiger charge is -2.07. The Morgan fingerprint density at radius 3 is 2.28 bits per heavy atom. The molecular weight excluding hydrogens is 400 g/mol.